The Balaban J connectivity index is 0.000000318. The number of aromatic nitrogens is 2. The zero-order valence-electron chi connectivity index (χ0n) is 17.2. The van der Waals surface area contributed by atoms with E-state index in [4.69, 9.17) is 24.5 Å². The van der Waals surface area contributed by atoms with Gasteiger partial charge in [0.1, 0.15) is 0 Å². The average molecular weight is 433 g/mol. The van der Waals surface area contributed by atoms with Gasteiger partial charge in [-0.1, -0.05) is 0 Å². The van der Waals surface area contributed by atoms with Gasteiger partial charge in [-0.05, 0) is 37.5 Å². The minimum absolute atomic E-state index is 0.463. The van der Waals surface area contributed by atoms with Crippen molar-refractivity contribution < 1.29 is 32.5 Å². The highest BCUT2D eigenvalue weighted by Crippen LogP contribution is 2.35. The van der Waals surface area contributed by atoms with Gasteiger partial charge in [-0.2, -0.15) is 18.3 Å². The quantitative estimate of drug-likeness (QED) is 0.744. The molecule has 10 heteroatoms. The zero-order chi connectivity index (χ0) is 21.7. The van der Waals surface area contributed by atoms with Crippen LogP contribution < -0.4 is 0 Å². The van der Waals surface area contributed by atoms with E-state index in [0.29, 0.717) is 11.8 Å². The van der Waals surface area contributed by atoms with Crippen LogP contribution in [0, 0.1) is 11.8 Å². The molecule has 2 aliphatic heterocycles. The molecule has 3 aliphatic rings. The lowest BCUT2D eigenvalue weighted by Crippen LogP contribution is -2.37. The molecule has 4 rings (SSSR count). The summed E-state index contributed by atoms with van der Waals surface area (Å²) < 4.78 is 45.0. The van der Waals surface area contributed by atoms with E-state index < -0.39 is 12.1 Å². The summed E-state index contributed by atoms with van der Waals surface area (Å²) in [5, 5.41) is 11.9. The Bertz CT molecular complexity index is 700. The molecule has 1 N–H and O–H groups in total. The minimum atomic E-state index is -5.08. The number of methoxy groups -OCH3 is 1. The Labute approximate surface area is 174 Å². The molecule has 1 saturated carbocycles. The molecule has 0 amide bonds. The number of fused-ring (bicyclic) bond motifs is 1. The third kappa shape index (κ3) is 6.42. The van der Waals surface area contributed by atoms with Crippen molar-refractivity contribution in [2.45, 2.75) is 50.9 Å². The number of carbonyl (C=O) groups is 1. The van der Waals surface area contributed by atoms with E-state index >= 15 is 0 Å². The summed E-state index contributed by atoms with van der Waals surface area (Å²) >= 11 is 0. The molecule has 3 heterocycles. The van der Waals surface area contributed by atoms with Crippen molar-refractivity contribution in [1.29, 1.82) is 0 Å². The second-order valence-corrected chi connectivity index (χ2v) is 8.39. The molecule has 2 fully saturated rings. The van der Waals surface area contributed by atoms with Gasteiger partial charge in [0.25, 0.3) is 0 Å². The largest absolute Gasteiger partial charge is 0.490 e. The lowest BCUT2D eigenvalue weighted by atomic mass is 9.95. The van der Waals surface area contributed by atoms with Crippen molar-refractivity contribution in [2.75, 3.05) is 40.0 Å². The Morgan fingerprint density at radius 2 is 1.87 bits per heavy atom. The van der Waals surface area contributed by atoms with Crippen molar-refractivity contribution in [1.82, 2.24) is 14.7 Å². The SMILES string of the molecule is COCC1CN(CC2CC2)Cc2cnn(CC3CCOCC3)c21.O=C(O)C(F)(F)F. The first-order valence-corrected chi connectivity index (χ1v) is 10.4. The topological polar surface area (TPSA) is 76.8 Å². The molecule has 1 aliphatic carbocycles. The number of carboxylic acid groups (broad SMARTS) is 1. The van der Waals surface area contributed by atoms with Crippen LogP contribution in [0.5, 0.6) is 0 Å². The van der Waals surface area contributed by atoms with Crippen LogP contribution in [0.1, 0.15) is 42.9 Å². The highest BCUT2D eigenvalue weighted by atomic mass is 19.4. The number of carboxylic acids is 1. The van der Waals surface area contributed by atoms with Gasteiger partial charge in [0.05, 0.1) is 12.8 Å². The van der Waals surface area contributed by atoms with Gasteiger partial charge >= 0.3 is 12.1 Å². The third-order valence-corrected chi connectivity index (χ3v) is 5.81. The number of rotatable bonds is 6. The Morgan fingerprint density at radius 3 is 2.43 bits per heavy atom. The van der Waals surface area contributed by atoms with Gasteiger partial charge in [0.2, 0.25) is 0 Å². The molecule has 1 saturated heterocycles. The summed E-state index contributed by atoms with van der Waals surface area (Å²) in [7, 11) is 1.82. The Kier molecular flexibility index (Phi) is 7.75. The maximum absolute atomic E-state index is 10.6. The molecule has 1 aromatic rings. The highest BCUT2D eigenvalue weighted by Gasteiger charge is 2.38. The molecule has 1 unspecified atom stereocenters. The second kappa shape index (κ2) is 10.1. The maximum Gasteiger partial charge on any atom is 0.490 e. The molecule has 170 valence electrons. The smallest absolute Gasteiger partial charge is 0.475 e. The highest BCUT2D eigenvalue weighted by molar-refractivity contribution is 5.73. The summed E-state index contributed by atoms with van der Waals surface area (Å²) in [4.78, 5) is 11.5. The molecular formula is C20H30F3N3O4. The molecule has 30 heavy (non-hydrogen) atoms. The molecule has 0 radical (unpaired) electrons. The lowest BCUT2D eigenvalue weighted by Gasteiger charge is -2.34. The molecule has 1 aromatic heterocycles. The van der Waals surface area contributed by atoms with Crippen LogP contribution in [-0.4, -0.2) is 72.0 Å². The first kappa shape index (κ1) is 23.0. The monoisotopic (exact) mass is 433 g/mol. The summed E-state index contributed by atoms with van der Waals surface area (Å²) in [6, 6.07) is 0. The summed E-state index contributed by atoms with van der Waals surface area (Å²) in [6.07, 6.45) is 2.19. The van der Waals surface area contributed by atoms with E-state index in [-0.39, 0.29) is 0 Å². The number of hydrogen-bond donors (Lipinski definition) is 1. The van der Waals surface area contributed by atoms with Crippen molar-refractivity contribution in [3.8, 4) is 0 Å². The van der Waals surface area contributed by atoms with Crippen molar-refractivity contribution in [3.05, 3.63) is 17.5 Å². The van der Waals surface area contributed by atoms with Crippen LogP contribution in [0.3, 0.4) is 0 Å². The number of aliphatic carboxylic acids is 1. The Hall–Kier alpha value is -1.65. The van der Waals surface area contributed by atoms with Crippen LogP contribution in [-0.2, 0) is 27.4 Å². The number of alkyl halides is 3. The predicted molar refractivity (Wildman–Crippen MR) is 102 cm³/mol. The third-order valence-electron chi connectivity index (χ3n) is 5.81. The van der Waals surface area contributed by atoms with Crippen LogP contribution in [0.4, 0.5) is 13.2 Å². The van der Waals surface area contributed by atoms with Gasteiger partial charge < -0.3 is 14.6 Å². The van der Waals surface area contributed by atoms with Gasteiger partial charge in [0.15, 0.2) is 0 Å². The number of halogens is 3. The van der Waals surface area contributed by atoms with E-state index in [9.17, 15) is 13.2 Å². The number of hydrogen-bond acceptors (Lipinski definition) is 5. The first-order chi connectivity index (χ1) is 14.3. The van der Waals surface area contributed by atoms with E-state index in [2.05, 4.69) is 15.8 Å². The standard InChI is InChI=1S/C18H29N3O2.C2HF3O2/c1-22-13-17-12-20(9-14-2-3-14)11-16-8-19-21(18(16)17)10-15-4-6-23-7-5-15;3-2(4,5)1(6)7/h8,14-15,17H,2-7,9-13H2,1H3;(H,6,7). The summed E-state index contributed by atoms with van der Waals surface area (Å²) in [5.74, 6) is -0.644. The zero-order valence-corrected chi connectivity index (χ0v) is 17.2. The number of ether oxygens (including phenoxy) is 2. The van der Waals surface area contributed by atoms with Gasteiger partial charge in [0, 0.05) is 63.7 Å². The summed E-state index contributed by atoms with van der Waals surface area (Å²) in [5.41, 5.74) is 2.86. The average Bonchev–Trinajstić information content (AvgIpc) is 3.41. The Morgan fingerprint density at radius 1 is 1.23 bits per heavy atom. The molecule has 0 spiro atoms. The lowest BCUT2D eigenvalue weighted by molar-refractivity contribution is -0.192. The maximum atomic E-state index is 10.6. The van der Waals surface area contributed by atoms with Gasteiger partial charge in [-0.25, -0.2) is 4.79 Å². The van der Waals surface area contributed by atoms with Gasteiger partial charge in [-0.3, -0.25) is 9.58 Å². The number of nitrogens with zero attached hydrogens (tertiary/aromatic N) is 3. The van der Waals surface area contributed by atoms with Crippen molar-refractivity contribution >= 4 is 5.97 Å². The fourth-order valence-electron chi connectivity index (χ4n) is 4.19. The molecule has 0 bridgehead atoms. The minimum Gasteiger partial charge on any atom is -0.475 e. The van der Waals surface area contributed by atoms with E-state index in [1.165, 1.54) is 30.6 Å². The fraction of sp³-hybridized carbons (Fsp3) is 0.800. The van der Waals surface area contributed by atoms with Gasteiger partial charge in [-0.15, -0.1) is 0 Å². The van der Waals surface area contributed by atoms with Crippen LogP contribution in [0.25, 0.3) is 0 Å². The van der Waals surface area contributed by atoms with E-state index in [1.807, 2.05) is 7.11 Å². The van der Waals surface area contributed by atoms with Crippen LogP contribution in [0.2, 0.25) is 0 Å². The molecule has 0 aromatic carbocycles. The predicted octanol–water partition coefficient (Wildman–Crippen LogP) is 2.90. The van der Waals surface area contributed by atoms with Crippen LogP contribution >= 0.6 is 0 Å². The first-order valence-electron chi connectivity index (χ1n) is 10.4. The van der Waals surface area contributed by atoms with Crippen molar-refractivity contribution in [3.63, 3.8) is 0 Å². The fourth-order valence-corrected chi connectivity index (χ4v) is 4.19. The normalized spacial score (nSPS) is 22.9. The van der Waals surface area contributed by atoms with Crippen molar-refractivity contribution in [2.24, 2.45) is 11.8 Å². The molecule has 1 atom stereocenters. The van der Waals surface area contributed by atoms with E-state index in [0.717, 1.165) is 58.2 Å². The second-order valence-electron chi connectivity index (χ2n) is 8.39. The van der Waals surface area contributed by atoms with Crippen LogP contribution in [0.15, 0.2) is 6.20 Å². The molecule has 7 nitrogen and oxygen atoms in total. The van der Waals surface area contributed by atoms with E-state index in [1.54, 1.807) is 0 Å². The summed E-state index contributed by atoms with van der Waals surface area (Å²) in [6.45, 7) is 7.10. The molecular weight excluding hydrogens is 403 g/mol.